The highest BCUT2D eigenvalue weighted by Crippen LogP contribution is 2.33. The Morgan fingerprint density at radius 3 is 2.64 bits per heavy atom. The van der Waals surface area contributed by atoms with Gasteiger partial charge in [-0.15, -0.1) is 0 Å². The van der Waals surface area contributed by atoms with Gasteiger partial charge in [0, 0.05) is 16.9 Å². The van der Waals surface area contributed by atoms with Gasteiger partial charge >= 0.3 is 0 Å². The number of pyridine rings is 1. The van der Waals surface area contributed by atoms with Crippen molar-refractivity contribution in [2.45, 2.75) is 0 Å². The smallest absolute Gasteiger partial charge is 0.178 e. The van der Waals surface area contributed by atoms with Crippen molar-refractivity contribution in [3.63, 3.8) is 0 Å². The number of rotatable bonds is 4. The van der Waals surface area contributed by atoms with Gasteiger partial charge < -0.3 is 10.1 Å². The van der Waals surface area contributed by atoms with Crippen molar-refractivity contribution in [2.24, 2.45) is 0 Å². The van der Waals surface area contributed by atoms with Crippen molar-refractivity contribution in [3.8, 4) is 11.5 Å². The third kappa shape index (κ3) is 3.38. The number of fused-ring (bicyclic) bond motifs is 1. The molecule has 0 aliphatic carbocycles. The Balaban J connectivity index is 1.56. The lowest BCUT2D eigenvalue weighted by atomic mass is 10.3. The molecule has 124 valence electrons. The largest absolute Gasteiger partial charge is 0.456 e. The van der Waals surface area contributed by atoms with E-state index in [1.807, 2.05) is 18.2 Å². The second-order valence-electron chi connectivity index (χ2n) is 5.30. The fraction of sp³-hybridized carbons (Fsp3) is 0. The molecular formula is C18H12Cl2N4O. The summed E-state index contributed by atoms with van der Waals surface area (Å²) >= 11 is 12.2. The molecule has 4 rings (SSSR count). The molecule has 0 unspecified atom stereocenters. The van der Waals surface area contributed by atoms with Crippen LogP contribution in [-0.4, -0.2) is 15.2 Å². The lowest BCUT2D eigenvalue weighted by Gasteiger charge is -2.10. The summed E-state index contributed by atoms with van der Waals surface area (Å²) in [7, 11) is 0. The fourth-order valence-corrected chi connectivity index (χ4v) is 2.71. The van der Waals surface area contributed by atoms with Crippen molar-refractivity contribution in [1.29, 1.82) is 0 Å². The van der Waals surface area contributed by atoms with Gasteiger partial charge in [-0.05, 0) is 54.6 Å². The molecule has 2 aromatic heterocycles. The van der Waals surface area contributed by atoms with E-state index in [1.165, 1.54) is 0 Å². The average Bonchev–Trinajstić information content (AvgIpc) is 3.02. The molecular weight excluding hydrogens is 359 g/mol. The first kappa shape index (κ1) is 15.7. The molecule has 0 aliphatic heterocycles. The third-order valence-corrected chi connectivity index (χ3v) is 4.10. The van der Waals surface area contributed by atoms with Gasteiger partial charge in [0.15, 0.2) is 5.82 Å². The molecule has 0 amide bonds. The highest BCUT2D eigenvalue weighted by molar-refractivity contribution is 6.32. The number of aromatic amines is 1. The molecule has 25 heavy (non-hydrogen) atoms. The molecule has 0 saturated carbocycles. The van der Waals surface area contributed by atoms with E-state index in [9.17, 15) is 0 Å². The zero-order valence-corrected chi connectivity index (χ0v) is 14.3. The van der Waals surface area contributed by atoms with E-state index >= 15 is 0 Å². The minimum absolute atomic E-state index is 0.479. The Morgan fingerprint density at radius 1 is 1.00 bits per heavy atom. The van der Waals surface area contributed by atoms with Crippen LogP contribution in [0.4, 0.5) is 11.5 Å². The number of aromatic nitrogens is 3. The number of nitrogens with zero attached hydrogens (tertiary/aromatic N) is 2. The topological polar surface area (TPSA) is 62.8 Å². The number of nitrogens with one attached hydrogen (secondary N) is 2. The van der Waals surface area contributed by atoms with Crippen LogP contribution in [0.25, 0.3) is 11.0 Å². The lowest BCUT2D eigenvalue weighted by molar-refractivity contribution is 0.483. The van der Waals surface area contributed by atoms with Crippen LogP contribution >= 0.6 is 23.2 Å². The van der Waals surface area contributed by atoms with E-state index < -0.39 is 0 Å². The van der Waals surface area contributed by atoms with Gasteiger partial charge in [-0.2, -0.15) is 5.10 Å². The predicted octanol–water partition coefficient (Wildman–Crippen LogP) is 5.80. The van der Waals surface area contributed by atoms with E-state index in [1.54, 1.807) is 42.6 Å². The van der Waals surface area contributed by atoms with Crippen molar-refractivity contribution >= 4 is 45.7 Å². The molecule has 0 atom stereocenters. The summed E-state index contributed by atoms with van der Waals surface area (Å²) in [5.41, 5.74) is 2.41. The van der Waals surface area contributed by atoms with Crippen molar-refractivity contribution in [2.75, 3.05) is 5.32 Å². The van der Waals surface area contributed by atoms with E-state index in [4.69, 9.17) is 27.9 Å². The minimum atomic E-state index is 0.479. The Hall–Kier alpha value is -2.76. The maximum absolute atomic E-state index is 6.33. The highest BCUT2D eigenvalue weighted by Gasteiger charge is 2.09. The number of hydrogen-bond acceptors (Lipinski definition) is 4. The van der Waals surface area contributed by atoms with Gasteiger partial charge in [-0.3, -0.25) is 10.1 Å². The standard InChI is InChI=1S/C18H12Cl2N4O/c19-11-3-6-13(7-4-11)25-16-8-5-12(10-14(16)20)22-18-17-15(23-24-18)2-1-9-21-17/h1-10H,(H2,22,23,24). The Bertz CT molecular complexity index is 1030. The summed E-state index contributed by atoms with van der Waals surface area (Å²) in [5, 5.41) is 11.5. The monoisotopic (exact) mass is 370 g/mol. The van der Waals surface area contributed by atoms with Gasteiger partial charge in [0.2, 0.25) is 0 Å². The zero-order valence-electron chi connectivity index (χ0n) is 12.8. The van der Waals surface area contributed by atoms with Crippen molar-refractivity contribution in [1.82, 2.24) is 15.2 Å². The summed E-state index contributed by atoms with van der Waals surface area (Å²) in [6.45, 7) is 0. The SMILES string of the molecule is Clc1ccc(Oc2ccc(Nc3n[nH]c4cccnc34)cc2Cl)cc1. The molecule has 5 nitrogen and oxygen atoms in total. The number of ether oxygens (including phenoxy) is 1. The first-order chi connectivity index (χ1) is 12.2. The molecule has 4 aromatic rings. The van der Waals surface area contributed by atoms with Crippen LogP contribution in [-0.2, 0) is 0 Å². The van der Waals surface area contributed by atoms with Gasteiger partial charge in [0.05, 0.1) is 10.5 Å². The number of anilines is 2. The number of hydrogen-bond donors (Lipinski definition) is 2. The van der Waals surface area contributed by atoms with Crippen LogP contribution in [0.5, 0.6) is 11.5 Å². The molecule has 0 radical (unpaired) electrons. The molecule has 7 heteroatoms. The maximum Gasteiger partial charge on any atom is 0.178 e. The van der Waals surface area contributed by atoms with Gasteiger partial charge in [0.25, 0.3) is 0 Å². The van der Waals surface area contributed by atoms with E-state index in [2.05, 4.69) is 20.5 Å². The van der Waals surface area contributed by atoms with Crippen LogP contribution in [0.1, 0.15) is 0 Å². The molecule has 2 heterocycles. The molecule has 0 fully saturated rings. The van der Waals surface area contributed by atoms with Crippen LogP contribution in [0, 0.1) is 0 Å². The predicted molar refractivity (Wildman–Crippen MR) is 100 cm³/mol. The quantitative estimate of drug-likeness (QED) is 0.476. The van der Waals surface area contributed by atoms with Crippen LogP contribution in [0.2, 0.25) is 10.0 Å². The first-order valence-corrected chi connectivity index (χ1v) is 8.24. The van der Waals surface area contributed by atoms with Crippen LogP contribution in [0.15, 0.2) is 60.8 Å². The Labute approximate surface area is 153 Å². The summed E-state index contributed by atoms with van der Waals surface area (Å²) in [4.78, 5) is 4.32. The Morgan fingerprint density at radius 2 is 1.84 bits per heavy atom. The zero-order chi connectivity index (χ0) is 17.2. The van der Waals surface area contributed by atoms with E-state index in [-0.39, 0.29) is 0 Å². The maximum atomic E-state index is 6.33. The number of benzene rings is 2. The molecule has 0 aliphatic rings. The summed E-state index contributed by atoms with van der Waals surface area (Å²) in [6.07, 6.45) is 1.72. The van der Waals surface area contributed by atoms with E-state index in [0.717, 1.165) is 16.7 Å². The summed E-state index contributed by atoms with van der Waals surface area (Å²) in [5.74, 6) is 1.85. The summed E-state index contributed by atoms with van der Waals surface area (Å²) < 4.78 is 5.77. The minimum Gasteiger partial charge on any atom is -0.456 e. The van der Waals surface area contributed by atoms with E-state index in [0.29, 0.717) is 27.4 Å². The lowest BCUT2D eigenvalue weighted by Crippen LogP contribution is -1.93. The number of halogens is 2. The summed E-state index contributed by atoms with van der Waals surface area (Å²) in [6, 6.07) is 16.3. The molecule has 0 bridgehead atoms. The average molecular weight is 371 g/mol. The second kappa shape index (κ2) is 6.63. The molecule has 0 spiro atoms. The Kier molecular flexibility index (Phi) is 4.17. The normalized spacial score (nSPS) is 10.8. The van der Waals surface area contributed by atoms with Gasteiger partial charge in [0.1, 0.15) is 17.0 Å². The van der Waals surface area contributed by atoms with Crippen LogP contribution in [0.3, 0.4) is 0 Å². The van der Waals surface area contributed by atoms with Gasteiger partial charge in [-0.25, -0.2) is 0 Å². The molecule has 2 aromatic carbocycles. The van der Waals surface area contributed by atoms with Crippen LogP contribution < -0.4 is 10.1 Å². The number of H-pyrrole nitrogens is 1. The van der Waals surface area contributed by atoms with Gasteiger partial charge in [-0.1, -0.05) is 23.2 Å². The van der Waals surface area contributed by atoms with Crippen molar-refractivity contribution < 1.29 is 4.74 Å². The third-order valence-electron chi connectivity index (χ3n) is 3.56. The highest BCUT2D eigenvalue weighted by atomic mass is 35.5. The fourth-order valence-electron chi connectivity index (χ4n) is 2.37. The molecule has 0 saturated heterocycles. The van der Waals surface area contributed by atoms with Crippen molar-refractivity contribution in [3.05, 3.63) is 70.8 Å². The second-order valence-corrected chi connectivity index (χ2v) is 6.14. The molecule has 2 N–H and O–H groups in total. The first-order valence-electron chi connectivity index (χ1n) is 7.48.